The van der Waals surface area contributed by atoms with E-state index < -0.39 is 5.97 Å². The van der Waals surface area contributed by atoms with Crippen molar-refractivity contribution >= 4 is 18.7 Å². The number of rotatable bonds is 0. The molecule has 3 N–H and O–H groups in total. The molecule has 0 spiro atoms. The molecule has 0 saturated heterocycles. The molecule has 0 saturated carbocycles. The van der Waals surface area contributed by atoms with Gasteiger partial charge >= 0.3 is 0 Å². The van der Waals surface area contributed by atoms with Gasteiger partial charge < -0.3 is 20.1 Å². The molecule has 0 unspecified atom stereocenters. The maximum absolute atomic E-state index is 9.00. The smallest absolute Gasteiger partial charge is 0.300 e. The molecule has 0 aromatic carbocycles. The van der Waals surface area contributed by atoms with E-state index in [1.807, 2.05) is 13.8 Å². The molecular weight excluding hydrogens is 15100 g/mol. The quantitative estimate of drug-likeness (QED) is 0.245. The molecule has 0 aliphatic heterocycles. The molecule has 0 aromatic heterocycles. The standard InChI is InChI=1S/C2H4O2.C2H6O.C2H4O.C2H6.CH2O2.30Fe.72W/c1-2(3)4;2*1-2-3;1-2;2-1-3;;;;;;;;;;;;;;;;;;;;;;;;;;;;;;;;;;;;;;;;;;;;;;;;;;;;;;;;;;;;;;;;;;;;;;;;;;;;;;;;;;;;;;;;;;;;;;;;;;;;;;/h1H3,(H,3,4);3H,2H2,1H3;2H,1H3;1-2H3;1H,(H,2,3);;;;;;;;;;;;;;;;;;;;;;;;;;;;;;;;;;;;;;;;;;;;;;;;;;;;;;;;;;;;;;;;;;;;;;;;;;;;;;;;;;;;;;;;;;;;;;;;;;;;;;. The first-order valence-corrected chi connectivity index (χ1v) is 4.26. The average molecular weight is 15100 g/mol. The van der Waals surface area contributed by atoms with Crippen LogP contribution in [0.2, 0.25) is 0 Å². The Morgan fingerprint density at radius 2 is 0.179 bits per heavy atom. The number of carbonyl (C=O) groups is 3. The van der Waals surface area contributed by atoms with Crippen LogP contribution in [-0.2, 0) is 2040 Å². The SMILES string of the molecule is CC.CC(=O)O.CC=O.CCO.O=CO.[Fe].[Fe].[Fe].[Fe].[Fe].[Fe].[Fe].[Fe].[Fe].[Fe].[Fe].[Fe].[Fe].[Fe].[Fe].[Fe].[Fe].[Fe].[Fe].[Fe].[Fe].[Fe].[Fe].[Fe].[Fe].[Fe].[Fe].[Fe].[Fe].[Fe].[W].[W].[W].[W].[W].[W].[W].[W].[W].[W].[W].[W].[W].[W].[W].[W].[W].[W].[W].[W].[W].[W].[W].[W].[W].[W].[W].[W].[W].[W].[W].[W].[W].[W].[W].[W].[W].[W].[W].[W].[W].[W].[W].[W].[W].[W].[W].[W].[W].[W].[W].[W].[W].[W].[W].[W].[W].[W].[W].[W].[W].[W].[W].[W].[W].[W].[W].[W].[W].[W].[W].[W]. The van der Waals surface area contributed by atoms with Gasteiger partial charge in [0.1, 0.15) is 6.29 Å². The fourth-order valence-electron chi connectivity index (χ4n) is 0. The number of hydrogen-bond donors (Lipinski definition) is 3. The topological polar surface area (TPSA) is 112 Å². The Bertz CT molecular complexity index is 247. The van der Waals surface area contributed by atoms with E-state index in [0.29, 0.717) is 0 Å². The van der Waals surface area contributed by atoms with Crippen LogP contribution in [0, 0.1) is 0 Å². The van der Waals surface area contributed by atoms with E-state index in [0.717, 1.165) is 13.2 Å². The fourth-order valence-corrected chi connectivity index (χ4v) is 0. The van der Waals surface area contributed by atoms with Crippen LogP contribution in [-0.4, -0.2) is 40.7 Å². The van der Waals surface area contributed by atoms with Gasteiger partial charge in [-0.15, -0.1) is 0 Å². The molecule has 0 atom stereocenters. The number of aliphatic carboxylic acids is 1. The van der Waals surface area contributed by atoms with Gasteiger partial charge in [-0.1, -0.05) is 13.8 Å². The molecule has 108 heteroatoms. The Morgan fingerprint density at radius 3 is 0.179 bits per heavy atom. The summed E-state index contributed by atoms with van der Waals surface area (Å²) in [5.41, 5.74) is 0. The van der Waals surface area contributed by atoms with Crippen molar-refractivity contribution in [1.82, 2.24) is 0 Å². The van der Waals surface area contributed by atoms with Crippen LogP contribution in [0.15, 0.2) is 0 Å². The average Bonchev–Trinajstić information content (AvgIpc) is 2.09. The van der Waals surface area contributed by atoms with Gasteiger partial charge in [0.15, 0.2) is 0 Å². The van der Waals surface area contributed by atoms with Gasteiger partial charge in [0, 0.05) is 2040 Å². The fraction of sp³-hybridized carbons (Fsp3) is 0.667. The van der Waals surface area contributed by atoms with Crippen molar-refractivity contribution in [3.05, 3.63) is 0 Å². The van der Waals surface area contributed by atoms with Gasteiger partial charge in [-0.25, -0.2) is 0 Å². The minimum atomic E-state index is -0.833. The number of aldehydes is 1. The molecule has 0 bridgehead atoms. The van der Waals surface area contributed by atoms with Gasteiger partial charge in [-0.3, -0.25) is 9.59 Å². The van der Waals surface area contributed by atoms with E-state index in [9.17, 15) is 0 Å². The van der Waals surface area contributed by atoms with Crippen molar-refractivity contribution in [2.45, 2.75) is 34.6 Å². The number of carboxylic acids is 1. The molecule has 6 nitrogen and oxygen atoms in total. The Morgan fingerprint density at radius 1 is 0.179 bits per heavy atom. The first kappa shape index (κ1) is 1070. The predicted octanol–water partition coefficient (Wildman–Crippen LogP) is 0.767. The Labute approximate surface area is 2060 Å². The number of hydrogen-bond acceptors (Lipinski definition) is 4. The van der Waals surface area contributed by atoms with Gasteiger partial charge in [0.2, 0.25) is 0 Å². The van der Waals surface area contributed by atoms with E-state index in [4.69, 9.17) is 29.7 Å². The molecule has 0 aliphatic carbocycles. The number of aliphatic hydroxyl groups excluding tert-OH is 1. The molecule has 0 fully saturated rings. The van der Waals surface area contributed by atoms with Crippen LogP contribution in [0.1, 0.15) is 34.6 Å². The van der Waals surface area contributed by atoms with Gasteiger partial charge in [-0.2, -0.15) is 0 Å². The van der Waals surface area contributed by atoms with Crippen molar-refractivity contribution in [3.8, 4) is 0 Å². The second kappa shape index (κ2) is 1180. The first-order valence-electron chi connectivity index (χ1n) is 4.26. The van der Waals surface area contributed by atoms with Crippen molar-refractivity contribution in [1.29, 1.82) is 0 Å². The summed E-state index contributed by atoms with van der Waals surface area (Å²) in [7, 11) is 0. The molecule has 0 aliphatic rings. The van der Waals surface area contributed by atoms with Crippen LogP contribution in [0.25, 0.3) is 0 Å². The number of carboxylic acid groups (broad SMARTS) is 2. The van der Waals surface area contributed by atoms with E-state index in [-0.39, 0.29) is 2040 Å². The minimum absolute atomic E-state index is 0. The van der Waals surface area contributed by atoms with E-state index >= 15 is 0 Å². The summed E-state index contributed by atoms with van der Waals surface area (Å²) in [5.74, 6) is -0.833. The summed E-state index contributed by atoms with van der Waals surface area (Å²) in [6.07, 6.45) is 0.750. The van der Waals surface area contributed by atoms with Crippen LogP contribution < -0.4 is 0 Å². The summed E-state index contributed by atoms with van der Waals surface area (Å²) >= 11 is 0. The van der Waals surface area contributed by atoms with Crippen molar-refractivity contribution in [2.24, 2.45) is 0 Å². The van der Waals surface area contributed by atoms with Gasteiger partial charge in [0.05, 0.1) is 0 Å². The zero-order valence-corrected chi connectivity index (χ0v) is 294. The van der Waals surface area contributed by atoms with Crippen molar-refractivity contribution in [3.63, 3.8) is 0 Å². The van der Waals surface area contributed by atoms with Gasteiger partial charge in [-0.05, 0) is 13.8 Å². The predicted molar refractivity (Wildman–Crippen MR) is 57.8 cm³/mol. The Hall–Kier alpha value is 63.7. The summed E-state index contributed by atoms with van der Waals surface area (Å²) in [6.45, 7) is 8.21. The third-order valence-electron chi connectivity index (χ3n) is 0. The van der Waals surface area contributed by atoms with Crippen molar-refractivity contribution < 1.29 is 2060 Å². The largest absolute Gasteiger partial charge is 0.483 e. The minimum Gasteiger partial charge on any atom is -0.483 e. The summed E-state index contributed by atoms with van der Waals surface area (Å²) in [4.78, 5) is 26.2. The third-order valence-corrected chi connectivity index (χ3v) is 0. The van der Waals surface area contributed by atoms with E-state index in [1.54, 1.807) is 6.92 Å². The molecule has 0 radical (unpaired) electrons. The monoisotopic (exact) mass is 15100 g/mol. The van der Waals surface area contributed by atoms with Crippen LogP contribution in [0.4, 0.5) is 0 Å². The summed E-state index contributed by atoms with van der Waals surface area (Å²) in [6, 6.07) is 0. The van der Waals surface area contributed by atoms with Crippen LogP contribution in [0.5, 0.6) is 0 Å². The van der Waals surface area contributed by atoms with Crippen molar-refractivity contribution in [2.75, 3.05) is 6.61 Å². The Kier molecular flexibility index (Phi) is 10800. The molecule has 0 heterocycles. The molecule has 0 rings (SSSR count). The number of aliphatic hydroxyl groups is 1. The summed E-state index contributed by atoms with van der Waals surface area (Å²) < 4.78 is 0. The Balaban J connectivity index is -0.0000000000837. The summed E-state index contributed by atoms with van der Waals surface area (Å²) in [5, 5.41) is 21.9. The molecule has 766 valence electrons. The van der Waals surface area contributed by atoms with Gasteiger partial charge in [0.25, 0.3) is 12.4 Å². The third kappa shape index (κ3) is 1400. The second-order valence-electron chi connectivity index (χ2n) is 1.18. The molecule has 0 aromatic rings. The van der Waals surface area contributed by atoms with Crippen LogP contribution >= 0.6 is 0 Å². The zero-order valence-electron chi connectivity index (χ0n) is 49.9. The maximum atomic E-state index is 9.00. The normalized spacial score (nSPS) is 0.632. The molecular formula is C9H22Fe30O6W72. The van der Waals surface area contributed by atoms with E-state index in [1.165, 1.54) is 6.92 Å². The first-order chi connectivity index (χ1) is 6.97. The van der Waals surface area contributed by atoms with Crippen LogP contribution in [0.3, 0.4) is 0 Å². The second-order valence-corrected chi connectivity index (χ2v) is 1.18. The maximum Gasteiger partial charge on any atom is 0.300 e. The van der Waals surface area contributed by atoms with E-state index in [2.05, 4.69) is 0 Å². The zero-order chi connectivity index (χ0) is 13.7. The molecule has 117 heavy (non-hydrogen) atoms. The molecule has 0 amide bonds. The number of carbonyl (C=O) groups excluding carboxylic acids is 1.